The Morgan fingerprint density at radius 2 is 1.70 bits per heavy atom. The van der Waals surface area contributed by atoms with Crippen molar-refractivity contribution in [2.24, 2.45) is 7.05 Å². The summed E-state index contributed by atoms with van der Waals surface area (Å²) in [5, 5.41) is 6.05. The number of aromatic nitrogens is 3. The van der Waals surface area contributed by atoms with E-state index in [1.54, 1.807) is 4.68 Å². The maximum absolute atomic E-state index is 13.1. The molecule has 2 heterocycles. The fourth-order valence-electron chi connectivity index (χ4n) is 3.14. The molecule has 27 heavy (non-hydrogen) atoms. The van der Waals surface area contributed by atoms with Gasteiger partial charge in [-0.1, -0.05) is 36.4 Å². The quantitative estimate of drug-likeness (QED) is 0.564. The summed E-state index contributed by atoms with van der Waals surface area (Å²) in [6.45, 7) is 4.00. The van der Waals surface area contributed by atoms with E-state index >= 15 is 0 Å². The molecule has 2 aromatic carbocycles. The van der Waals surface area contributed by atoms with E-state index in [0.717, 1.165) is 27.8 Å². The number of hydrogen-bond donors (Lipinski definition) is 1. The van der Waals surface area contributed by atoms with Crippen molar-refractivity contribution in [3.05, 3.63) is 81.6 Å². The van der Waals surface area contributed by atoms with E-state index in [1.165, 1.54) is 11.3 Å². The van der Waals surface area contributed by atoms with Crippen LogP contribution in [0.25, 0.3) is 16.9 Å². The summed E-state index contributed by atoms with van der Waals surface area (Å²) < 4.78 is 3.55. The molecule has 0 saturated carbocycles. The van der Waals surface area contributed by atoms with Crippen LogP contribution in [0.1, 0.15) is 11.3 Å². The van der Waals surface area contributed by atoms with Gasteiger partial charge in [-0.25, -0.2) is 9.67 Å². The van der Waals surface area contributed by atoms with Crippen LogP contribution in [0.3, 0.4) is 0 Å². The van der Waals surface area contributed by atoms with Crippen LogP contribution in [0.2, 0.25) is 0 Å². The number of thiazole rings is 1. The standard InChI is InChI=1S/C21H20N4OS/c1-14-9-7-8-12-17(14)22-21-23-18(13-27-21)19-15(2)24(3)25(20(19)26)16-10-5-4-6-11-16/h4-13H,1-3H3,(H,22,23). The Hall–Kier alpha value is -3.12. The lowest BCUT2D eigenvalue weighted by atomic mass is 10.2. The molecular weight excluding hydrogens is 356 g/mol. The van der Waals surface area contributed by atoms with Gasteiger partial charge in [-0.2, -0.15) is 0 Å². The minimum absolute atomic E-state index is 0.0612. The smallest absolute Gasteiger partial charge is 0.281 e. The van der Waals surface area contributed by atoms with Gasteiger partial charge >= 0.3 is 0 Å². The zero-order chi connectivity index (χ0) is 19.0. The molecule has 0 aliphatic carbocycles. The number of benzene rings is 2. The van der Waals surface area contributed by atoms with Crippen LogP contribution in [0.4, 0.5) is 10.8 Å². The van der Waals surface area contributed by atoms with Gasteiger partial charge in [0.2, 0.25) is 0 Å². The van der Waals surface area contributed by atoms with Crippen molar-refractivity contribution < 1.29 is 0 Å². The lowest BCUT2D eigenvalue weighted by Gasteiger charge is -2.07. The van der Waals surface area contributed by atoms with Gasteiger partial charge in [0.25, 0.3) is 5.56 Å². The molecule has 0 fully saturated rings. The second-order valence-electron chi connectivity index (χ2n) is 6.41. The Bertz CT molecular complexity index is 1150. The van der Waals surface area contributed by atoms with E-state index in [2.05, 4.69) is 23.3 Å². The molecule has 0 unspecified atom stereocenters. The maximum atomic E-state index is 13.1. The summed E-state index contributed by atoms with van der Waals surface area (Å²) in [4.78, 5) is 17.8. The third kappa shape index (κ3) is 3.08. The fourth-order valence-corrected chi connectivity index (χ4v) is 3.85. The first kappa shape index (κ1) is 17.3. The lowest BCUT2D eigenvalue weighted by Crippen LogP contribution is -2.20. The molecule has 1 N–H and O–H groups in total. The van der Waals surface area contributed by atoms with Crippen molar-refractivity contribution >= 4 is 22.2 Å². The molecule has 0 radical (unpaired) electrons. The molecule has 0 aliphatic heterocycles. The molecule has 6 heteroatoms. The number of para-hydroxylation sites is 2. The molecule has 0 saturated heterocycles. The normalized spacial score (nSPS) is 10.9. The van der Waals surface area contributed by atoms with Gasteiger partial charge in [0.1, 0.15) is 0 Å². The average Bonchev–Trinajstić information content (AvgIpc) is 3.20. The van der Waals surface area contributed by atoms with Crippen LogP contribution in [0.5, 0.6) is 0 Å². The van der Waals surface area contributed by atoms with Gasteiger partial charge < -0.3 is 5.32 Å². The second-order valence-corrected chi connectivity index (χ2v) is 7.27. The van der Waals surface area contributed by atoms with Crippen LogP contribution >= 0.6 is 11.3 Å². The van der Waals surface area contributed by atoms with Crippen LogP contribution in [0, 0.1) is 13.8 Å². The molecule has 0 aliphatic rings. The highest BCUT2D eigenvalue weighted by Gasteiger charge is 2.20. The SMILES string of the molecule is Cc1ccccc1Nc1nc(-c2c(C)n(C)n(-c3ccccc3)c2=O)cs1. The summed E-state index contributed by atoms with van der Waals surface area (Å²) in [6.07, 6.45) is 0. The zero-order valence-electron chi connectivity index (χ0n) is 15.4. The first-order chi connectivity index (χ1) is 13.1. The zero-order valence-corrected chi connectivity index (χ0v) is 16.2. The minimum Gasteiger partial charge on any atom is -0.331 e. The first-order valence-electron chi connectivity index (χ1n) is 8.69. The highest BCUT2D eigenvalue weighted by atomic mass is 32.1. The third-order valence-electron chi connectivity index (χ3n) is 4.70. The van der Waals surface area contributed by atoms with E-state index in [-0.39, 0.29) is 5.56 Å². The second kappa shape index (κ2) is 6.89. The van der Waals surface area contributed by atoms with Gasteiger partial charge in [0, 0.05) is 23.8 Å². The number of aryl methyl sites for hydroxylation is 1. The summed E-state index contributed by atoms with van der Waals surface area (Å²) >= 11 is 1.50. The summed E-state index contributed by atoms with van der Waals surface area (Å²) in [6, 6.07) is 17.7. The van der Waals surface area contributed by atoms with Gasteiger partial charge in [-0.15, -0.1) is 11.3 Å². The Balaban J connectivity index is 1.74. The van der Waals surface area contributed by atoms with Crippen LogP contribution in [-0.4, -0.2) is 14.3 Å². The van der Waals surface area contributed by atoms with E-state index in [1.807, 2.05) is 72.6 Å². The van der Waals surface area contributed by atoms with Crippen molar-refractivity contribution in [3.8, 4) is 16.9 Å². The Labute approximate surface area is 161 Å². The van der Waals surface area contributed by atoms with Crippen LogP contribution in [0.15, 0.2) is 64.8 Å². The Morgan fingerprint density at radius 1 is 1.00 bits per heavy atom. The molecule has 0 amide bonds. The topological polar surface area (TPSA) is 51.9 Å². The van der Waals surface area contributed by atoms with Gasteiger partial charge in [0.05, 0.1) is 16.9 Å². The maximum Gasteiger partial charge on any atom is 0.281 e. The lowest BCUT2D eigenvalue weighted by molar-refractivity contribution is 0.630. The van der Waals surface area contributed by atoms with Crippen molar-refractivity contribution in [1.29, 1.82) is 0 Å². The molecule has 0 atom stereocenters. The largest absolute Gasteiger partial charge is 0.331 e. The van der Waals surface area contributed by atoms with Crippen molar-refractivity contribution in [2.45, 2.75) is 13.8 Å². The average molecular weight is 376 g/mol. The number of rotatable bonds is 4. The highest BCUT2D eigenvalue weighted by Crippen LogP contribution is 2.28. The van der Waals surface area contributed by atoms with Crippen LogP contribution in [-0.2, 0) is 7.05 Å². The molecule has 4 aromatic rings. The van der Waals surface area contributed by atoms with Crippen molar-refractivity contribution in [2.75, 3.05) is 5.32 Å². The number of nitrogens with one attached hydrogen (secondary N) is 1. The van der Waals surface area contributed by atoms with Gasteiger partial charge in [-0.05, 0) is 37.6 Å². The Morgan fingerprint density at radius 3 is 2.44 bits per heavy atom. The van der Waals surface area contributed by atoms with Crippen molar-refractivity contribution in [1.82, 2.24) is 14.3 Å². The molecule has 5 nitrogen and oxygen atoms in total. The predicted molar refractivity (Wildman–Crippen MR) is 111 cm³/mol. The molecular formula is C21H20N4OS. The van der Waals surface area contributed by atoms with Gasteiger partial charge in [-0.3, -0.25) is 9.48 Å². The number of anilines is 2. The fraction of sp³-hybridized carbons (Fsp3) is 0.143. The van der Waals surface area contributed by atoms with E-state index in [0.29, 0.717) is 11.3 Å². The summed E-state index contributed by atoms with van der Waals surface area (Å²) in [7, 11) is 1.89. The van der Waals surface area contributed by atoms with E-state index in [4.69, 9.17) is 0 Å². The first-order valence-corrected chi connectivity index (χ1v) is 9.57. The minimum atomic E-state index is -0.0612. The predicted octanol–water partition coefficient (Wildman–Crippen LogP) is 4.66. The summed E-state index contributed by atoms with van der Waals surface area (Å²) in [5.74, 6) is 0. The monoisotopic (exact) mass is 376 g/mol. The Kier molecular flexibility index (Phi) is 4.41. The molecule has 4 rings (SSSR count). The summed E-state index contributed by atoms with van der Waals surface area (Å²) in [5.41, 5.74) is 5.17. The van der Waals surface area contributed by atoms with E-state index < -0.39 is 0 Å². The molecule has 136 valence electrons. The number of hydrogen-bond acceptors (Lipinski definition) is 4. The van der Waals surface area contributed by atoms with Crippen molar-refractivity contribution in [3.63, 3.8) is 0 Å². The molecule has 0 spiro atoms. The molecule has 0 bridgehead atoms. The third-order valence-corrected chi connectivity index (χ3v) is 5.46. The van der Waals surface area contributed by atoms with E-state index in [9.17, 15) is 4.79 Å². The highest BCUT2D eigenvalue weighted by molar-refractivity contribution is 7.14. The number of nitrogens with zero attached hydrogens (tertiary/aromatic N) is 3. The van der Waals surface area contributed by atoms with Gasteiger partial charge in [0.15, 0.2) is 5.13 Å². The van der Waals surface area contributed by atoms with Crippen LogP contribution < -0.4 is 10.9 Å². The molecule has 2 aromatic heterocycles.